The number of methoxy groups -OCH3 is 1. The molecule has 0 aliphatic carbocycles. The molecule has 0 radical (unpaired) electrons. The van der Waals surface area contributed by atoms with E-state index in [1.807, 2.05) is 0 Å². The van der Waals surface area contributed by atoms with Crippen LogP contribution in [-0.4, -0.2) is 34.7 Å². The Morgan fingerprint density at radius 3 is 2.76 bits per heavy atom. The third kappa shape index (κ3) is 3.23. The van der Waals surface area contributed by atoms with Gasteiger partial charge in [-0.2, -0.15) is 0 Å². The summed E-state index contributed by atoms with van der Waals surface area (Å²) in [7, 11) is 1.36. The minimum Gasteiger partial charge on any atom is -0.494 e. The van der Waals surface area contributed by atoms with E-state index in [0.717, 1.165) is 13.0 Å². The van der Waals surface area contributed by atoms with Gasteiger partial charge in [0.25, 0.3) is 11.2 Å². The minimum absolute atomic E-state index is 0.0353. The highest BCUT2D eigenvalue weighted by Crippen LogP contribution is 2.28. The van der Waals surface area contributed by atoms with Crippen molar-refractivity contribution >= 4 is 16.6 Å². The molecule has 0 amide bonds. The van der Waals surface area contributed by atoms with Gasteiger partial charge in [0.15, 0.2) is 11.6 Å². The molecule has 0 spiro atoms. The number of halogens is 1. The monoisotopic (exact) mass is 398 g/mol. The number of hydrogen-bond donors (Lipinski definition) is 1. The second kappa shape index (κ2) is 7.25. The van der Waals surface area contributed by atoms with Crippen LogP contribution in [0.1, 0.15) is 23.7 Å². The molecule has 3 aromatic rings. The number of aryl methyl sites for hydroxylation is 1. The van der Waals surface area contributed by atoms with Crippen LogP contribution < -0.4 is 15.6 Å². The smallest absolute Gasteiger partial charge is 0.270 e. The molecule has 9 heteroatoms. The van der Waals surface area contributed by atoms with Crippen LogP contribution in [0, 0.1) is 22.9 Å². The average Bonchev–Trinajstić information content (AvgIpc) is 3.22. The summed E-state index contributed by atoms with van der Waals surface area (Å²) in [6.45, 7) is 3.12. The zero-order valence-electron chi connectivity index (χ0n) is 15.9. The second-order valence-corrected chi connectivity index (χ2v) is 7.04. The van der Waals surface area contributed by atoms with Crippen LogP contribution in [0.25, 0.3) is 16.6 Å². The Kier molecular flexibility index (Phi) is 4.75. The maximum Gasteiger partial charge on any atom is 0.270 e. The quantitative estimate of drug-likeness (QED) is 0.536. The van der Waals surface area contributed by atoms with Crippen LogP contribution in [0.2, 0.25) is 0 Å². The Bertz CT molecular complexity index is 1190. The molecule has 150 valence electrons. The normalized spacial score (nSPS) is 16.3. The highest BCUT2D eigenvalue weighted by atomic mass is 19.1. The Balaban J connectivity index is 2.06. The predicted octanol–water partition coefficient (Wildman–Crippen LogP) is 2.83. The van der Waals surface area contributed by atoms with E-state index in [-0.39, 0.29) is 22.7 Å². The first-order valence-corrected chi connectivity index (χ1v) is 9.17. The van der Waals surface area contributed by atoms with Gasteiger partial charge in [-0.05, 0) is 37.6 Å². The minimum atomic E-state index is -0.609. The van der Waals surface area contributed by atoms with Gasteiger partial charge in [-0.25, -0.2) is 9.37 Å². The zero-order chi connectivity index (χ0) is 20.7. The Labute approximate surface area is 165 Å². The van der Waals surface area contributed by atoms with Crippen LogP contribution in [0.5, 0.6) is 5.75 Å². The molecule has 2 aromatic carbocycles. The number of aromatic nitrogens is 2. The third-order valence-corrected chi connectivity index (χ3v) is 5.20. The van der Waals surface area contributed by atoms with Crippen molar-refractivity contribution in [2.24, 2.45) is 0 Å². The number of nitro groups is 1. The maximum atomic E-state index is 14.4. The first-order valence-electron chi connectivity index (χ1n) is 9.17. The van der Waals surface area contributed by atoms with Gasteiger partial charge in [0.2, 0.25) is 0 Å². The van der Waals surface area contributed by atoms with Crippen LogP contribution in [0.3, 0.4) is 0 Å². The largest absolute Gasteiger partial charge is 0.494 e. The van der Waals surface area contributed by atoms with Crippen molar-refractivity contribution in [2.45, 2.75) is 19.3 Å². The number of nitro benzene ring substituents is 1. The lowest BCUT2D eigenvalue weighted by Gasteiger charge is -2.18. The van der Waals surface area contributed by atoms with Crippen LogP contribution in [0.4, 0.5) is 10.1 Å². The molecule has 1 aliphatic heterocycles. The number of nitrogens with one attached hydrogen (secondary N) is 1. The molecule has 0 bridgehead atoms. The fourth-order valence-corrected chi connectivity index (χ4v) is 3.76. The van der Waals surface area contributed by atoms with E-state index in [9.17, 15) is 19.3 Å². The summed E-state index contributed by atoms with van der Waals surface area (Å²) in [6, 6.07) is 6.86. The Morgan fingerprint density at radius 1 is 1.34 bits per heavy atom. The summed E-state index contributed by atoms with van der Waals surface area (Å²) in [5, 5.41) is 14.6. The summed E-state index contributed by atoms with van der Waals surface area (Å²) in [5.74, 6) is -0.0743. The SMILES string of the molecule is COc1ccc(-n2c([C@@H]3CCNC3)nc3c(C)cc([N+](=O)[O-])cc3c2=O)cc1F. The first-order chi connectivity index (χ1) is 13.9. The lowest BCUT2D eigenvalue weighted by molar-refractivity contribution is -0.384. The molecule has 8 nitrogen and oxygen atoms in total. The molecular formula is C20H19FN4O4. The van der Waals surface area contributed by atoms with Crippen LogP contribution in [0.15, 0.2) is 35.1 Å². The van der Waals surface area contributed by atoms with E-state index in [1.165, 1.54) is 35.9 Å². The number of rotatable bonds is 4. The predicted molar refractivity (Wildman–Crippen MR) is 105 cm³/mol. The van der Waals surface area contributed by atoms with E-state index in [4.69, 9.17) is 9.72 Å². The van der Waals surface area contributed by atoms with Gasteiger partial charge in [0, 0.05) is 30.7 Å². The topological polar surface area (TPSA) is 99.3 Å². The number of non-ortho nitro benzene ring substituents is 1. The average molecular weight is 398 g/mol. The van der Waals surface area contributed by atoms with Gasteiger partial charge < -0.3 is 10.1 Å². The van der Waals surface area contributed by atoms with Crippen LogP contribution >= 0.6 is 0 Å². The van der Waals surface area contributed by atoms with Crippen molar-refractivity contribution in [3.05, 3.63) is 68.0 Å². The second-order valence-electron chi connectivity index (χ2n) is 7.04. The van der Waals surface area contributed by atoms with Crippen molar-refractivity contribution in [3.8, 4) is 11.4 Å². The third-order valence-electron chi connectivity index (χ3n) is 5.20. The van der Waals surface area contributed by atoms with Gasteiger partial charge in [-0.15, -0.1) is 0 Å². The van der Waals surface area contributed by atoms with Gasteiger partial charge in [-0.1, -0.05) is 0 Å². The van der Waals surface area contributed by atoms with E-state index in [0.29, 0.717) is 29.1 Å². The standard InChI is InChI=1S/C20H19FN4O4/c1-11-7-14(25(27)28)8-15-18(11)23-19(12-5-6-22-10-12)24(20(15)26)13-3-4-17(29-2)16(21)9-13/h3-4,7-9,12,22H,5-6,10H2,1-2H3/t12-/m1/s1. The summed E-state index contributed by atoms with van der Waals surface area (Å²) < 4.78 is 20.7. The highest BCUT2D eigenvalue weighted by molar-refractivity contribution is 5.84. The number of ether oxygens (including phenoxy) is 1. The maximum absolute atomic E-state index is 14.4. The molecule has 1 fully saturated rings. The summed E-state index contributed by atoms with van der Waals surface area (Å²) >= 11 is 0. The van der Waals surface area contributed by atoms with Crippen molar-refractivity contribution in [3.63, 3.8) is 0 Å². The van der Waals surface area contributed by atoms with Crippen LogP contribution in [-0.2, 0) is 0 Å². The summed E-state index contributed by atoms with van der Waals surface area (Å²) in [5.41, 5.74) is 0.623. The number of benzene rings is 2. The van der Waals surface area contributed by atoms with Gasteiger partial charge in [-0.3, -0.25) is 19.5 Å². The molecule has 0 saturated carbocycles. The molecule has 2 heterocycles. The summed E-state index contributed by atoms with van der Waals surface area (Å²) in [6.07, 6.45) is 0.780. The van der Waals surface area contributed by atoms with Gasteiger partial charge >= 0.3 is 0 Å². The first kappa shape index (κ1) is 19.0. The molecule has 29 heavy (non-hydrogen) atoms. The van der Waals surface area contributed by atoms with Crippen molar-refractivity contribution in [1.29, 1.82) is 0 Å². The van der Waals surface area contributed by atoms with Gasteiger partial charge in [0.1, 0.15) is 5.82 Å². The van der Waals surface area contributed by atoms with E-state index >= 15 is 0 Å². The molecular weight excluding hydrogens is 379 g/mol. The van der Waals surface area contributed by atoms with E-state index in [1.54, 1.807) is 13.0 Å². The highest BCUT2D eigenvalue weighted by Gasteiger charge is 2.26. The number of fused-ring (bicyclic) bond motifs is 1. The van der Waals surface area contributed by atoms with Crippen molar-refractivity contribution in [1.82, 2.24) is 14.9 Å². The fourth-order valence-electron chi connectivity index (χ4n) is 3.76. The molecule has 1 saturated heterocycles. The number of nitrogens with zero attached hydrogens (tertiary/aromatic N) is 3. The molecule has 4 rings (SSSR count). The molecule has 0 unspecified atom stereocenters. The molecule has 1 aliphatic rings. The van der Waals surface area contributed by atoms with E-state index < -0.39 is 16.3 Å². The van der Waals surface area contributed by atoms with E-state index in [2.05, 4.69) is 5.32 Å². The fraction of sp³-hybridized carbons (Fsp3) is 0.300. The van der Waals surface area contributed by atoms with Crippen molar-refractivity contribution in [2.75, 3.05) is 20.2 Å². The van der Waals surface area contributed by atoms with Crippen molar-refractivity contribution < 1.29 is 14.1 Å². The molecule has 1 aromatic heterocycles. The zero-order valence-corrected chi connectivity index (χ0v) is 15.9. The summed E-state index contributed by atoms with van der Waals surface area (Å²) in [4.78, 5) is 28.9. The molecule has 1 N–H and O–H groups in total. The molecule has 1 atom stereocenters. The Morgan fingerprint density at radius 2 is 2.14 bits per heavy atom. The number of hydrogen-bond acceptors (Lipinski definition) is 6. The lowest BCUT2D eigenvalue weighted by atomic mass is 10.1. The lowest BCUT2D eigenvalue weighted by Crippen LogP contribution is -2.27. The van der Waals surface area contributed by atoms with Gasteiger partial charge in [0.05, 0.1) is 28.6 Å². The Hall–Kier alpha value is -3.33.